The van der Waals surface area contributed by atoms with Crippen LogP contribution < -0.4 is 4.74 Å². The van der Waals surface area contributed by atoms with E-state index in [1.54, 1.807) is 0 Å². The van der Waals surface area contributed by atoms with Crippen LogP contribution in [0.3, 0.4) is 0 Å². The van der Waals surface area contributed by atoms with E-state index in [0.717, 1.165) is 34.7 Å². The molecular weight excluding hydrogens is 284 g/mol. The average molecular weight is 303 g/mol. The molecule has 110 valence electrons. The first-order chi connectivity index (χ1) is 10.1. The number of alkyl halides is 1. The number of aryl methyl sites for hydroxylation is 3. The minimum absolute atomic E-state index is 0.345. The molecule has 3 nitrogen and oxygen atoms in total. The molecule has 2 aromatic rings. The van der Waals surface area contributed by atoms with Gasteiger partial charge in [-0.05, 0) is 43.2 Å². The highest BCUT2D eigenvalue weighted by Gasteiger charge is 2.06. The van der Waals surface area contributed by atoms with E-state index >= 15 is 0 Å². The van der Waals surface area contributed by atoms with Crippen LogP contribution in [-0.4, -0.2) is 15.7 Å². The Morgan fingerprint density at radius 3 is 2.76 bits per heavy atom. The molecule has 1 aromatic heterocycles. The third-order valence-electron chi connectivity index (χ3n) is 3.24. The van der Waals surface area contributed by atoms with E-state index in [1.165, 1.54) is 0 Å². The molecule has 0 bridgehead atoms. The summed E-state index contributed by atoms with van der Waals surface area (Å²) in [5, 5.41) is 4.42. The number of benzene rings is 1. The molecule has 0 fully saturated rings. The molecule has 0 spiro atoms. The molecule has 1 heterocycles. The van der Waals surface area contributed by atoms with Crippen molar-refractivity contribution in [2.75, 3.05) is 5.88 Å². The van der Waals surface area contributed by atoms with Crippen LogP contribution in [-0.2, 0) is 20.1 Å². The largest absolute Gasteiger partial charge is 0.487 e. The summed E-state index contributed by atoms with van der Waals surface area (Å²) in [6, 6.07) is 7.98. The number of hydrogen-bond acceptors (Lipinski definition) is 2. The smallest absolute Gasteiger partial charge is 0.130 e. The number of rotatable bonds is 4. The molecule has 0 saturated carbocycles. The molecule has 0 N–H and O–H groups in total. The molecule has 0 radical (unpaired) electrons. The second-order valence-corrected chi connectivity index (χ2v) is 5.08. The number of aromatic nitrogens is 2. The van der Waals surface area contributed by atoms with Crippen LogP contribution in [0.4, 0.5) is 0 Å². The predicted octanol–water partition coefficient (Wildman–Crippen LogP) is 3.46. The highest BCUT2D eigenvalue weighted by molar-refractivity contribution is 6.19. The monoisotopic (exact) mass is 302 g/mol. The Labute approximate surface area is 130 Å². The van der Waals surface area contributed by atoms with Crippen molar-refractivity contribution in [3.8, 4) is 17.6 Å². The van der Waals surface area contributed by atoms with E-state index in [0.29, 0.717) is 12.5 Å². The number of hydrogen-bond donors (Lipinski definition) is 0. The average Bonchev–Trinajstić information content (AvgIpc) is 2.84. The number of ether oxygens (including phenoxy) is 1. The minimum atomic E-state index is 0.345. The Bertz CT molecular complexity index is 680. The van der Waals surface area contributed by atoms with Crippen LogP contribution in [0.25, 0.3) is 0 Å². The SMILES string of the molecule is CCc1cc(COc2ccc(C#CCCl)cc2C)n(C)n1. The highest BCUT2D eigenvalue weighted by Crippen LogP contribution is 2.20. The van der Waals surface area contributed by atoms with Gasteiger partial charge in [0.1, 0.15) is 12.4 Å². The lowest BCUT2D eigenvalue weighted by Crippen LogP contribution is -2.03. The fourth-order valence-corrected chi connectivity index (χ4v) is 2.12. The maximum atomic E-state index is 5.89. The van der Waals surface area contributed by atoms with Gasteiger partial charge in [-0.1, -0.05) is 18.8 Å². The van der Waals surface area contributed by atoms with Gasteiger partial charge in [0.15, 0.2) is 0 Å². The van der Waals surface area contributed by atoms with Crippen molar-refractivity contribution in [3.63, 3.8) is 0 Å². The maximum absolute atomic E-state index is 5.89. The Balaban J connectivity index is 2.07. The van der Waals surface area contributed by atoms with E-state index in [9.17, 15) is 0 Å². The summed E-state index contributed by atoms with van der Waals surface area (Å²) in [6.45, 7) is 4.62. The van der Waals surface area contributed by atoms with Crippen LogP contribution in [0.2, 0.25) is 0 Å². The molecule has 0 aliphatic heterocycles. The van der Waals surface area contributed by atoms with Crippen molar-refractivity contribution in [3.05, 3.63) is 46.8 Å². The maximum Gasteiger partial charge on any atom is 0.130 e. The molecule has 0 saturated heterocycles. The lowest BCUT2D eigenvalue weighted by atomic mass is 10.1. The van der Waals surface area contributed by atoms with Gasteiger partial charge in [-0.2, -0.15) is 5.10 Å². The van der Waals surface area contributed by atoms with Crippen molar-refractivity contribution >= 4 is 11.6 Å². The fourth-order valence-electron chi connectivity index (χ4n) is 2.06. The molecule has 0 aliphatic carbocycles. The van der Waals surface area contributed by atoms with Crippen molar-refractivity contribution in [1.29, 1.82) is 0 Å². The van der Waals surface area contributed by atoms with Gasteiger partial charge in [0.25, 0.3) is 0 Å². The molecular formula is C17H19ClN2O. The van der Waals surface area contributed by atoms with E-state index in [2.05, 4.69) is 29.9 Å². The third-order valence-corrected chi connectivity index (χ3v) is 3.37. The van der Waals surface area contributed by atoms with Crippen molar-refractivity contribution in [2.24, 2.45) is 7.05 Å². The Hall–Kier alpha value is -1.92. The van der Waals surface area contributed by atoms with Gasteiger partial charge >= 0.3 is 0 Å². The molecule has 0 unspecified atom stereocenters. The lowest BCUT2D eigenvalue weighted by molar-refractivity contribution is 0.293. The zero-order valence-electron chi connectivity index (χ0n) is 12.6. The summed E-state index contributed by atoms with van der Waals surface area (Å²) < 4.78 is 7.76. The normalized spacial score (nSPS) is 10.1. The predicted molar refractivity (Wildman–Crippen MR) is 85.7 cm³/mol. The molecule has 0 amide bonds. The molecule has 21 heavy (non-hydrogen) atoms. The second-order valence-electron chi connectivity index (χ2n) is 4.81. The van der Waals surface area contributed by atoms with Gasteiger partial charge in [0.2, 0.25) is 0 Å². The first-order valence-corrected chi connectivity index (χ1v) is 7.47. The molecule has 4 heteroatoms. The van der Waals surface area contributed by atoms with E-state index in [1.807, 2.05) is 36.9 Å². The molecule has 1 aromatic carbocycles. The first kappa shape index (κ1) is 15.5. The summed E-state index contributed by atoms with van der Waals surface area (Å²) in [6.07, 6.45) is 0.931. The minimum Gasteiger partial charge on any atom is -0.487 e. The summed E-state index contributed by atoms with van der Waals surface area (Å²) in [5.74, 6) is 7.06. The Morgan fingerprint density at radius 1 is 1.33 bits per heavy atom. The lowest BCUT2D eigenvalue weighted by Gasteiger charge is -2.09. The molecule has 2 rings (SSSR count). The highest BCUT2D eigenvalue weighted by atomic mass is 35.5. The number of nitrogens with zero attached hydrogens (tertiary/aromatic N) is 2. The summed E-state index contributed by atoms with van der Waals surface area (Å²) in [7, 11) is 1.94. The van der Waals surface area contributed by atoms with E-state index < -0.39 is 0 Å². The Kier molecular flexibility index (Phi) is 5.30. The molecule has 0 atom stereocenters. The summed E-state index contributed by atoms with van der Waals surface area (Å²) in [5.41, 5.74) is 4.17. The van der Waals surface area contributed by atoms with Crippen LogP contribution in [0.1, 0.15) is 29.4 Å². The van der Waals surface area contributed by atoms with Crippen LogP contribution in [0.15, 0.2) is 24.3 Å². The zero-order chi connectivity index (χ0) is 15.2. The van der Waals surface area contributed by atoms with Crippen LogP contribution in [0, 0.1) is 18.8 Å². The van der Waals surface area contributed by atoms with Gasteiger partial charge in [-0.25, -0.2) is 0 Å². The van der Waals surface area contributed by atoms with Gasteiger partial charge in [0.05, 0.1) is 17.3 Å². The van der Waals surface area contributed by atoms with E-state index in [-0.39, 0.29) is 0 Å². The first-order valence-electron chi connectivity index (χ1n) is 6.94. The number of halogens is 1. The van der Waals surface area contributed by atoms with Crippen LogP contribution in [0.5, 0.6) is 5.75 Å². The second kappa shape index (κ2) is 7.19. The zero-order valence-corrected chi connectivity index (χ0v) is 13.4. The summed E-state index contributed by atoms with van der Waals surface area (Å²) >= 11 is 5.56. The van der Waals surface area contributed by atoms with Gasteiger partial charge in [0, 0.05) is 12.6 Å². The molecule has 0 aliphatic rings. The summed E-state index contributed by atoms with van der Waals surface area (Å²) in [4.78, 5) is 0. The van der Waals surface area contributed by atoms with Crippen molar-refractivity contribution in [1.82, 2.24) is 9.78 Å². The Morgan fingerprint density at radius 2 is 2.14 bits per heavy atom. The third kappa shape index (κ3) is 4.03. The van der Waals surface area contributed by atoms with Crippen LogP contribution >= 0.6 is 11.6 Å². The van der Waals surface area contributed by atoms with Crippen molar-refractivity contribution < 1.29 is 4.74 Å². The standard InChI is InChI=1S/C17H19ClN2O/c1-4-15-11-16(20(3)19-15)12-21-17-8-7-14(6-5-9-18)10-13(17)2/h7-8,10-11H,4,9,12H2,1-3H3. The van der Waals surface area contributed by atoms with Gasteiger partial charge in [-0.3, -0.25) is 4.68 Å². The van der Waals surface area contributed by atoms with Gasteiger partial charge in [-0.15, -0.1) is 11.6 Å². The topological polar surface area (TPSA) is 27.1 Å². The quantitative estimate of drug-likeness (QED) is 0.639. The van der Waals surface area contributed by atoms with Crippen molar-refractivity contribution in [2.45, 2.75) is 26.9 Å². The van der Waals surface area contributed by atoms with E-state index in [4.69, 9.17) is 16.3 Å². The fraction of sp³-hybridized carbons (Fsp3) is 0.353. The van der Waals surface area contributed by atoms with Gasteiger partial charge < -0.3 is 4.74 Å².